The van der Waals surface area contributed by atoms with Gasteiger partial charge < -0.3 is 93.1 Å². The minimum atomic E-state index is -1.48. The van der Waals surface area contributed by atoms with Crippen LogP contribution in [0.2, 0.25) is 0 Å². The van der Waals surface area contributed by atoms with Gasteiger partial charge in [-0.1, -0.05) is 5.11 Å². The van der Waals surface area contributed by atoms with Crippen molar-refractivity contribution in [2.75, 3.05) is 189 Å². The summed E-state index contributed by atoms with van der Waals surface area (Å²) in [6.07, 6.45) is -0.944. The monoisotopic (exact) mass is 1200 g/mol. The molecule has 0 aromatic heterocycles. The third kappa shape index (κ3) is 44.4. The number of ether oxygens (including phenoxy) is 13. The number of nitrogens with zero attached hydrogens (tertiary/aromatic N) is 5. The molecule has 2 aromatic rings. The van der Waals surface area contributed by atoms with E-state index in [1.165, 1.54) is 0 Å². The van der Waals surface area contributed by atoms with Crippen LogP contribution in [0.25, 0.3) is 10.4 Å². The van der Waals surface area contributed by atoms with Crippen LogP contribution in [0.5, 0.6) is 0 Å². The predicted octanol–water partition coefficient (Wildman–Crippen LogP) is 5.71. The summed E-state index contributed by atoms with van der Waals surface area (Å²) in [5.41, 5.74) is 9.79. The van der Waals surface area contributed by atoms with E-state index in [-0.39, 0.29) is 50.5 Å². The van der Waals surface area contributed by atoms with Gasteiger partial charge in [-0.2, -0.15) is 10.2 Å². The summed E-state index contributed by atoms with van der Waals surface area (Å²) in [4.78, 5) is 63.1. The summed E-state index contributed by atoms with van der Waals surface area (Å²) < 4.78 is 70.6. The Balaban J connectivity index is 1.34. The minimum absolute atomic E-state index is 0.00848. The fourth-order valence-electron chi connectivity index (χ4n) is 6.74. The molecule has 0 radical (unpaired) electrons. The Morgan fingerprint density at radius 1 is 0.512 bits per heavy atom. The van der Waals surface area contributed by atoms with Crippen molar-refractivity contribution in [3.8, 4) is 0 Å². The zero-order chi connectivity index (χ0) is 61.0. The zero-order valence-corrected chi connectivity index (χ0v) is 48.9. The zero-order valence-electron chi connectivity index (χ0n) is 48.9. The molecule has 0 aliphatic rings. The van der Waals surface area contributed by atoms with Gasteiger partial charge in [-0.3, -0.25) is 14.4 Å². The van der Waals surface area contributed by atoms with Gasteiger partial charge in [0.1, 0.15) is 11.6 Å². The standard InChI is InChI=1S/C55H89N9O20/c1-55(2,3)84-54(71)61-49(53(69)70)43-44(52(67)68)5-4-6-51(66)60-46-9-13-48(14-10-46)63-62-47-11-7-45(8-12-47)57-16-17-58-50(65)15-19-72-21-23-74-25-27-76-29-31-78-33-35-80-37-39-82-41-42-83-40-38-81-36-34-79-32-30-77-28-26-75-24-22-73-20-18-59-64-56/h7-14,44,49,57H,4-6,15-43H2,1-3H3,(H,58,65)(H,60,66)(H,61,71)(H,67,68)(H,69,70)/t44-,49-/m0/s1. The Kier molecular flexibility index (Phi) is 44.2. The van der Waals surface area contributed by atoms with Gasteiger partial charge in [-0.15, -0.1) is 0 Å². The molecule has 0 heterocycles. The molecule has 2 atom stereocenters. The van der Waals surface area contributed by atoms with E-state index in [9.17, 15) is 34.2 Å². The molecule has 29 heteroatoms. The third-order valence-corrected chi connectivity index (χ3v) is 10.9. The Hall–Kier alpha value is -6.18. The average molecular weight is 1200 g/mol. The van der Waals surface area contributed by atoms with Crippen molar-refractivity contribution in [3.63, 3.8) is 0 Å². The lowest BCUT2D eigenvalue weighted by Crippen LogP contribution is -2.45. The van der Waals surface area contributed by atoms with Crippen molar-refractivity contribution in [2.24, 2.45) is 21.3 Å². The van der Waals surface area contributed by atoms with Crippen LogP contribution >= 0.6 is 0 Å². The fraction of sp³-hybridized carbons (Fsp3) is 0.691. The van der Waals surface area contributed by atoms with Gasteiger partial charge in [0.2, 0.25) is 11.8 Å². The maximum atomic E-state index is 12.6. The number of carboxylic acid groups (broad SMARTS) is 2. The van der Waals surface area contributed by atoms with Crippen LogP contribution in [0.1, 0.15) is 52.9 Å². The highest BCUT2D eigenvalue weighted by atomic mass is 16.6. The van der Waals surface area contributed by atoms with Crippen LogP contribution in [-0.4, -0.2) is 230 Å². The average Bonchev–Trinajstić information content (AvgIpc) is 3.51. The molecule has 474 valence electrons. The number of carbonyl (C=O) groups is 5. The normalized spacial score (nSPS) is 12.1. The van der Waals surface area contributed by atoms with Crippen LogP contribution in [0.15, 0.2) is 63.9 Å². The SMILES string of the molecule is CC(C)(C)OC(=O)N[C@@H](C[C@H](CCCC(=O)Nc1ccc(N=Nc2ccc(NCCNC(=O)CCOCCOCCOCCOCCOCCOCCOCCOCCOCCOCCOCCOCCN=[N+]=[N-])cc2)cc1)C(=O)O)C(=O)O. The van der Waals surface area contributed by atoms with Crippen molar-refractivity contribution in [1.29, 1.82) is 0 Å². The largest absolute Gasteiger partial charge is 0.481 e. The predicted molar refractivity (Wildman–Crippen MR) is 306 cm³/mol. The van der Waals surface area contributed by atoms with E-state index in [1.807, 2.05) is 12.1 Å². The van der Waals surface area contributed by atoms with Gasteiger partial charge in [0.15, 0.2) is 0 Å². The lowest BCUT2D eigenvalue weighted by molar-refractivity contribution is -0.144. The summed E-state index contributed by atoms with van der Waals surface area (Å²) >= 11 is 0. The lowest BCUT2D eigenvalue weighted by Gasteiger charge is -2.23. The molecule has 0 unspecified atom stereocenters. The van der Waals surface area contributed by atoms with Gasteiger partial charge in [0.25, 0.3) is 0 Å². The molecule has 0 aliphatic heterocycles. The van der Waals surface area contributed by atoms with E-state index in [0.29, 0.717) is 189 Å². The van der Waals surface area contributed by atoms with Crippen molar-refractivity contribution in [3.05, 3.63) is 59.0 Å². The number of rotatable bonds is 55. The molecule has 29 nitrogen and oxygen atoms in total. The number of benzene rings is 2. The first kappa shape index (κ1) is 73.9. The third-order valence-electron chi connectivity index (χ3n) is 10.9. The number of alkyl carbamates (subject to hydrolysis) is 1. The molecule has 2 aromatic carbocycles. The van der Waals surface area contributed by atoms with Crippen LogP contribution in [0.3, 0.4) is 0 Å². The van der Waals surface area contributed by atoms with Crippen molar-refractivity contribution >= 4 is 52.6 Å². The van der Waals surface area contributed by atoms with E-state index < -0.39 is 35.6 Å². The number of nitrogens with one attached hydrogen (secondary N) is 4. The van der Waals surface area contributed by atoms with E-state index in [2.05, 4.69) is 41.5 Å². The van der Waals surface area contributed by atoms with E-state index in [1.54, 1.807) is 57.2 Å². The quantitative estimate of drug-likeness (QED) is 0.0200. The van der Waals surface area contributed by atoms with Gasteiger partial charge in [0, 0.05) is 48.8 Å². The van der Waals surface area contributed by atoms with Gasteiger partial charge in [-0.25, -0.2) is 9.59 Å². The maximum Gasteiger partial charge on any atom is 0.408 e. The van der Waals surface area contributed by atoms with Crippen molar-refractivity contribution in [1.82, 2.24) is 10.6 Å². The first-order valence-corrected chi connectivity index (χ1v) is 28.1. The molecule has 84 heavy (non-hydrogen) atoms. The van der Waals surface area contributed by atoms with Crippen molar-refractivity contribution in [2.45, 2.75) is 64.5 Å². The van der Waals surface area contributed by atoms with Gasteiger partial charge >= 0.3 is 18.0 Å². The van der Waals surface area contributed by atoms with Crippen LogP contribution in [-0.2, 0) is 80.8 Å². The highest BCUT2D eigenvalue weighted by Gasteiger charge is 2.30. The maximum absolute atomic E-state index is 12.6. The summed E-state index contributed by atoms with van der Waals surface area (Å²) in [6.45, 7) is 16.6. The highest BCUT2D eigenvalue weighted by Crippen LogP contribution is 2.23. The smallest absolute Gasteiger partial charge is 0.408 e. The highest BCUT2D eigenvalue weighted by molar-refractivity contribution is 5.90. The number of azide groups is 1. The number of azo groups is 1. The van der Waals surface area contributed by atoms with Crippen LogP contribution in [0.4, 0.5) is 27.5 Å². The molecule has 0 aliphatic carbocycles. The summed E-state index contributed by atoms with van der Waals surface area (Å²) in [5.74, 6) is -4.23. The number of aliphatic carboxylic acids is 2. The van der Waals surface area contributed by atoms with E-state index in [4.69, 9.17) is 67.1 Å². The van der Waals surface area contributed by atoms with Gasteiger partial charge in [0.05, 0.1) is 176 Å². The second kappa shape index (κ2) is 50.2. The Morgan fingerprint density at radius 2 is 0.905 bits per heavy atom. The summed E-state index contributed by atoms with van der Waals surface area (Å²) in [7, 11) is 0. The van der Waals surface area contributed by atoms with Gasteiger partial charge in [-0.05, 0) is 94.1 Å². The molecule has 0 bridgehead atoms. The molecular formula is C55H89N9O20. The molecule has 0 fully saturated rings. The first-order chi connectivity index (χ1) is 40.8. The molecule has 3 amide bonds. The number of amides is 3. The Morgan fingerprint density at radius 3 is 1.29 bits per heavy atom. The molecule has 0 saturated carbocycles. The number of anilines is 2. The molecular weight excluding hydrogens is 1110 g/mol. The van der Waals surface area contributed by atoms with E-state index in [0.717, 1.165) is 5.69 Å². The molecule has 6 N–H and O–H groups in total. The summed E-state index contributed by atoms with van der Waals surface area (Å²) in [6, 6.07) is 12.4. The number of carbonyl (C=O) groups excluding carboxylic acids is 3. The molecule has 0 saturated heterocycles. The Labute approximate surface area is 491 Å². The minimum Gasteiger partial charge on any atom is -0.481 e. The summed E-state index contributed by atoms with van der Waals surface area (Å²) in [5, 5.41) is 42.1. The number of hydrogen-bond donors (Lipinski definition) is 6. The lowest BCUT2D eigenvalue weighted by atomic mass is 9.94. The molecule has 2 rings (SSSR count). The Bertz CT molecular complexity index is 2120. The van der Waals surface area contributed by atoms with E-state index >= 15 is 0 Å². The fourth-order valence-corrected chi connectivity index (χ4v) is 6.74. The topological polar surface area (TPSA) is 367 Å². The van der Waals surface area contributed by atoms with Crippen molar-refractivity contribution < 1.29 is 95.8 Å². The number of hydrogen-bond acceptors (Lipinski definition) is 22. The second-order valence-corrected chi connectivity index (χ2v) is 18.9. The number of carboxylic acids is 2. The second-order valence-electron chi connectivity index (χ2n) is 18.9. The molecule has 0 spiro atoms. The van der Waals surface area contributed by atoms with Crippen LogP contribution in [0, 0.1) is 5.92 Å². The first-order valence-electron chi connectivity index (χ1n) is 28.1. The van der Waals surface area contributed by atoms with Crippen LogP contribution < -0.4 is 21.3 Å².